The van der Waals surface area contributed by atoms with Gasteiger partial charge in [-0.3, -0.25) is 4.79 Å². The van der Waals surface area contributed by atoms with Gasteiger partial charge in [-0.25, -0.2) is 22.7 Å². The summed E-state index contributed by atoms with van der Waals surface area (Å²) in [4.78, 5) is 23.1. The molecule has 0 aliphatic heterocycles. The summed E-state index contributed by atoms with van der Waals surface area (Å²) in [6.45, 7) is 5.11. The highest BCUT2D eigenvalue weighted by molar-refractivity contribution is 7.89. The number of sulfonamides is 1. The third-order valence-corrected chi connectivity index (χ3v) is 7.11. The highest BCUT2D eigenvalue weighted by Gasteiger charge is 2.34. The number of benzene rings is 2. The number of aromatic nitrogens is 2. The van der Waals surface area contributed by atoms with Gasteiger partial charge >= 0.3 is 5.76 Å². The summed E-state index contributed by atoms with van der Waals surface area (Å²) in [5.41, 5.74) is 6.68. The molecule has 2 atom stereocenters. The van der Waals surface area contributed by atoms with E-state index in [4.69, 9.17) is 21.8 Å². The number of hydrogen-bond acceptors (Lipinski definition) is 6. The normalized spacial score (nSPS) is 13.6. The van der Waals surface area contributed by atoms with Crippen LogP contribution in [0.15, 0.2) is 44.4 Å². The quantitative estimate of drug-likeness (QED) is 0.436. The van der Waals surface area contributed by atoms with Crippen LogP contribution in [0.3, 0.4) is 0 Å². The van der Waals surface area contributed by atoms with Gasteiger partial charge in [-0.2, -0.15) is 4.72 Å². The number of rotatable bonds is 8. The molecule has 1 heterocycles. The van der Waals surface area contributed by atoms with Crippen molar-refractivity contribution in [2.24, 2.45) is 5.73 Å². The fraction of sp³-hybridized carbons (Fsp3) is 0.286. The Kier molecular flexibility index (Phi) is 7.06. The molecule has 3 aromatic rings. The molecule has 1 aromatic heterocycles. The van der Waals surface area contributed by atoms with E-state index < -0.39 is 44.4 Å². The van der Waals surface area contributed by atoms with Gasteiger partial charge in [-0.15, -0.1) is 5.10 Å². The number of carbonyl (C=O) groups is 1. The van der Waals surface area contributed by atoms with Gasteiger partial charge in [0.15, 0.2) is 0 Å². The lowest BCUT2D eigenvalue weighted by molar-refractivity contribution is 0.0997. The van der Waals surface area contributed by atoms with Crippen LogP contribution in [-0.4, -0.2) is 24.5 Å². The molecule has 4 N–H and O–H groups in total. The number of nitrogens with two attached hydrogens (primary N) is 1. The number of aromatic amines is 1. The first-order valence-corrected chi connectivity index (χ1v) is 11.8. The third kappa shape index (κ3) is 5.00. The van der Waals surface area contributed by atoms with Crippen LogP contribution in [0.4, 0.5) is 4.39 Å². The summed E-state index contributed by atoms with van der Waals surface area (Å²) in [6.07, 6.45) is 0.549. The maximum atomic E-state index is 14.4. The van der Waals surface area contributed by atoms with Crippen LogP contribution in [0.1, 0.15) is 58.7 Å². The van der Waals surface area contributed by atoms with Crippen molar-refractivity contribution in [3.05, 3.63) is 79.9 Å². The lowest BCUT2D eigenvalue weighted by Gasteiger charge is -2.26. The van der Waals surface area contributed by atoms with Crippen molar-refractivity contribution >= 4 is 27.5 Å². The smallest absolute Gasteiger partial charge is 0.391 e. The number of primary amides is 1. The van der Waals surface area contributed by atoms with Gasteiger partial charge < -0.3 is 10.2 Å². The highest BCUT2D eigenvalue weighted by atomic mass is 35.5. The van der Waals surface area contributed by atoms with Gasteiger partial charge in [0.2, 0.25) is 21.8 Å². The minimum absolute atomic E-state index is 0.119. The van der Waals surface area contributed by atoms with Crippen molar-refractivity contribution in [2.45, 2.75) is 44.0 Å². The number of aryl methyl sites for hydroxylation is 1. The minimum Gasteiger partial charge on any atom is -0.391 e. The van der Waals surface area contributed by atoms with Gasteiger partial charge in [-0.05, 0) is 54.3 Å². The Hall–Kier alpha value is -3.02. The number of halogens is 2. The van der Waals surface area contributed by atoms with E-state index in [-0.39, 0.29) is 16.5 Å². The van der Waals surface area contributed by atoms with E-state index in [0.29, 0.717) is 17.5 Å². The zero-order valence-corrected chi connectivity index (χ0v) is 19.6. The van der Waals surface area contributed by atoms with Crippen LogP contribution in [0.5, 0.6) is 0 Å². The Morgan fingerprint density at radius 3 is 2.61 bits per heavy atom. The molecule has 0 aliphatic carbocycles. The van der Waals surface area contributed by atoms with Crippen LogP contribution in [0, 0.1) is 12.7 Å². The topological polar surface area (TPSA) is 148 Å². The zero-order chi connectivity index (χ0) is 24.5. The second-order valence-corrected chi connectivity index (χ2v) is 9.56. The lowest BCUT2D eigenvalue weighted by atomic mass is 9.85. The van der Waals surface area contributed by atoms with Crippen LogP contribution in [0.2, 0.25) is 5.02 Å². The first-order chi connectivity index (χ1) is 15.5. The van der Waals surface area contributed by atoms with Crippen LogP contribution >= 0.6 is 11.6 Å². The molecule has 2 aromatic carbocycles. The third-order valence-electron chi connectivity index (χ3n) is 5.37. The molecule has 0 unspecified atom stereocenters. The number of nitrogens with zero attached hydrogens (tertiary/aromatic N) is 1. The minimum atomic E-state index is -4.41. The summed E-state index contributed by atoms with van der Waals surface area (Å²) in [5, 5.41) is 6.00. The van der Waals surface area contributed by atoms with Crippen LogP contribution in [-0.2, 0) is 16.4 Å². The second-order valence-electron chi connectivity index (χ2n) is 7.44. The Bertz CT molecular complexity index is 1370. The number of carbonyl (C=O) groups excluding carboxylic acids is 1. The summed E-state index contributed by atoms with van der Waals surface area (Å²) in [5.74, 6) is -3.33. The van der Waals surface area contributed by atoms with Gasteiger partial charge in [-0.1, -0.05) is 31.5 Å². The predicted octanol–water partition coefficient (Wildman–Crippen LogP) is 2.95. The number of hydrogen-bond donors (Lipinski definition) is 3. The molecule has 0 saturated carbocycles. The number of nitrogens with one attached hydrogen (secondary N) is 2. The molecule has 12 heteroatoms. The molecule has 0 fully saturated rings. The predicted molar refractivity (Wildman–Crippen MR) is 119 cm³/mol. The zero-order valence-electron chi connectivity index (χ0n) is 18.0. The molecule has 9 nitrogen and oxygen atoms in total. The molecular weight excluding hydrogens is 475 g/mol. The summed E-state index contributed by atoms with van der Waals surface area (Å²) in [6, 6.07) is 5.30. The largest absolute Gasteiger partial charge is 0.434 e. The second kappa shape index (κ2) is 9.46. The van der Waals surface area contributed by atoms with Gasteiger partial charge in [0, 0.05) is 10.9 Å². The molecule has 33 heavy (non-hydrogen) atoms. The first-order valence-electron chi connectivity index (χ1n) is 9.91. The van der Waals surface area contributed by atoms with Crippen molar-refractivity contribution in [2.75, 3.05) is 0 Å². The van der Waals surface area contributed by atoms with E-state index in [1.165, 1.54) is 12.1 Å². The van der Waals surface area contributed by atoms with Crippen molar-refractivity contribution < 1.29 is 22.0 Å². The van der Waals surface area contributed by atoms with E-state index >= 15 is 0 Å². The molecule has 3 rings (SSSR count). The maximum absolute atomic E-state index is 14.4. The van der Waals surface area contributed by atoms with Crippen molar-refractivity contribution in [1.82, 2.24) is 14.9 Å². The van der Waals surface area contributed by atoms with Crippen molar-refractivity contribution in [1.29, 1.82) is 0 Å². The molecule has 176 valence electrons. The standard InChI is InChI=1S/C21H22ClFN4O5S/c1-4-12-5-7-15(23)10(2)17(12)11(3)18(20-25-26-21(29)32-20)27-33(30,31)16-8-6-13(22)9-14(16)19(24)28/h5-9,11,18,27H,4H2,1-3H3,(H2,24,28)(H,26,29)/t11-,18+/m1/s1. The monoisotopic (exact) mass is 496 g/mol. The molecule has 0 bridgehead atoms. The fourth-order valence-corrected chi connectivity index (χ4v) is 5.40. The van der Waals surface area contributed by atoms with Crippen LogP contribution < -0.4 is 16.2 Å². The summed E-state index contributed by atoms with van der Waals surface area (Å²) >= 11 is 5.89. The maximum Gasteiger partial charge on any atom is 0.434 e. The Balaban J connectivity index is 2.16. The first kappa shape index (κ1) is 24.6. The molecule has 1 amide bonds. The van der Waals surface area contributed by atoms with Crippen molar-refractivity contribution in [3.8, 4) is 0 Å². The molecule has 0 spiro atoms. The van der Waals surface area contributed by atoms with Gasteiger partial charge in [0.1, 0.15) is 11.9 Å². The summed E-state index contributed by atoms with van der Waals surface area (Å²) < 4.78 is 48.5. The Morgan fingerprint density at radius 1 is 1.33 bits per heavy atom. The fourth-order valence-electron chi connectivity index (χ4n) is 3.77. The molecule has 0 aliphatic rings. The van der Waals surface area contributed by atoms with Gasteiger partial charge in [0.05, 0.1) is 10.5 Å². The van der Waals surface area contributed by atoms with E-state index in [9.17, 15) is 22.4 Å². The molecule has 0 radical (unpaired) electrons. The average molecular weight is 497 g/mol. The van der Waals surface area contributed by atoms with E-state index in [2.05, 4.69) is 14.9 Å². The van der Waals surface area contributed by atoms with Gasteiger partial charge in [0.25, 0.3) is 0 Å². The van der Waals surface area contributed by atoms with E-state index in [1.807, 2.05) is 6.92 Å². The molecular formula is C21H22ClFN4O5S. The highest BCUT2D eigenvalue weighted by Crippen LogP contribution is 2.36. The van der Waals surface area contributed by atoms with Crippen molar-refractivity contribution in [3.63, 3.8) is 0 Å². The van der Waals surface area contributed by atoms with Crippen LogP contribution in [0.25, 0.3) is 0 Å². The number of H-pyrrole nitrogens is 1. The van der Waals surface area contributed by atoms with E-state index in [0.717, 1.165) is 17.7 Å². The van der Waals surface area contributed by atoms with E-state index in [1.54, 1.807) is 19.9 Å². The average Bonchev–Trinajstić information content (AvgIpc) is 3.19. The Morgan fingerprint density at radius 2 is 2.03 bits per heavy atom. The Labute approximate surface area is 194 Å². The summed E-state index contributed by atoms with van der Waals surface area (Å²) in [7, 11) is -4.41. The lowest BCUT2D eigenvalue weighted by Crippen LogP contribution is -2.34. The number of amides is 1. The SMILES string of the molecule is CCc1ccc(F)c(C)c1[C@@H](C)[C@H](NS(=O)(=O)c1ccc(Cl)cc1C(N)=O)c1n[nH]c(=O)o1. The molecule has 0 saturated heterocycles.